The summed E-state index contributed by atoms with van der Waals surface area (Å²) in [4.78, 5) is 31.5. The molecule has 0 saturated carbocycles. The number of hydrogen-bond acceptors (Lipinski definition) is 5. The molecule has 2 heterocycles. The van der Waals surface area contributed by atoms with Crippen molar-refractivity contribution in [3.8, 4) is 17.0 Å². The lowest BCUT2D eigenvalue weighted by molar-refractivity contribution is -0.127. The summed E-state index contributed by atoms with van der Waals surface area (Å²) in [5, 5.41) is 5.75. The molecule has 1 N–H and O–H groups in total. The van der Waals surface area contributed by atoms with E-state index in [2.05, 4.69) is 17.2 Å². The molecule has 160 valence electrons. The summed E-state index contributed by atoms with van der Waals surface area (Å²) in [7, 11) is 0. The smallest absolute Gasteiger partial charge is 0.268 e. The Balaban J connectivity index is 1.59. The zero-order valence-corrected chi connectivity index (χ0v) is 18.0. The maximum absolute atomic E-state index is 13.1. The highest BCUT2D eigenvalue weighted by Crippen LogP contribution is 2.37. The van der Waals surface area contributed by atoms with Gasteiger partial charge in [-0.3, -0.25) is 14.5 Å². The molecule has 3 aromatic rings. The van der Waals surface area contributed by atoms with Crippen molar-refractivity contribution in [2.45, 2.75) is 32.8 Å². The molecule has 1 aromatic heterocycles. The third-order valence-corrected chi connectivity index (χ3v) is 5.82. The lowest BCUT2D eigenvalue weighted by atomic mass is 10.1. The highest BCUT2D eigenvalue weighted by atomic mass is 32.1. The summed E-state index contributed by atoms with van der Waals surface area (Å²) >= 11 is 1.61. The summed E-state index contributed by atoms with van der Waals surface area (Å²) in [6.07, 6.45) is 1.24. The van der Waals surface area contributed by atoms with E-state index >= 15 is 0 Å². The van der Waals surface area contributed by atoms with Crippen LogP contribution in [0.5, 0.6) is 5.75 Å². The number of carbonyl (C=O) groups excluding carboxylic acids is 2. The van der Waals surface area contributed by atoms with Crippen LogP contribution < -0.4 is 15.0 Å². The number of hydrogen-bond donors (Lipinski definition) is 1. The van der Waals surface area contributed by atoms with Crippen molar-refractivity contribution in [3.63, 3.8) is 0 Å². The number of aryl methyl sites for hydroxylation is 1. The Morgan fingerprint density at radius 2 is 2.03 bits per heavy atom. The van der Waals surface area contributed by atoms with E-state index in [0.717, 1.165) is 29.1 Å². The number of carbonyl (C=O) groups is 2. The minimum absolute atomic E-state index is 0.182. The van der Waals surface area contributed by atoms with Crippen LogP contribution in [0.2, 0.25) is 0 Å². The molecule has 6 nitrogen and oxygen atoms in total. The molecule has 0 fully saturated rings. The Labute approximate surface area is 183 Å². The Morgan fingerprint density at radius 1 is 1.26 bits per heavy atom. The molecule has 0 aliphatic carbocycles. The standard InChI is InChI=1S/C23H22FN3O3S/c1-3-4-22-26-18(13-31-22)15-5-10-20-19(11-15)27(23(29)14(2)30-20)12-21(28)25-17-8-6-16(24)7-9-17/h5-11,13-14H,3-4,12H2,1-2H3,(H,25,28). The summed E-state index contributed by atoms with van der Waals surface area (Å²) in [6.45, 7) is 3.58. The second-order valence-electron chi connectivity index (χ2n) is 7.30. The fourth-order valence-electron chi connectivity index (χ4n) is 3.38. The van der Waals surface area contributed by atoms with Crippen molar-refractivity contribution in [2.75, 3.05) is 16.8 Å². The van der Waals surface area contributed by atoms with Crippen LogP contribution in [-0.4, -0.2) is 29.4 Å². The van der Waals surface area contributed by atoms with Crippen LogP contribution in [0.3, 0.4) is 0 Å². The van der Waals surface area contributed by atoms with Gasteiger partial charge in [0.25, 0.3) is 5.91 Å². The lowest BCUT2D eigenvalue weighted by Gasteiger charge is -2.32. The van der Waals surface area contributed by atoms with Gasteiger partial charge in [-0.05, 0) is 62.2 Å². The average molecular weight is 440 g/mol. The van der Waals surface area contributed by atoms with Gasteiger partial charge in [0.1, 0.15) is 18.1 Å². The second-order valence-corrected chi connectivity index (χ2v) is 8.24. The van der Waals surface area contributed by atoms with Crippen LogP contribution in [0.15, 0.2) is 47.8 Å². The van der Waals surface area contributed by atoms with Crippen molar-refractivity contribution in [3.05, 3.63) is 58.7 Å². The first kappa shape index (κ1) is 21.0. The molecular weight excluding hydrogens is 417 g/mol. The molecule has 2 amide bonds. The largest absolute Gasteiger partial charge is 0.479 e. The van der Waals surface area contributed by atoms with Crippen molar-refractivity contribution in [1.29, 1.82) is 0 Å². The highest BCUT2D eigenvalue weighted by Gasteiger charge is 2.33. The summed E-state index contributed by atoms with van der Waals surface area (Å²) in [5.74, 6) is -0.539. The van der Waals surface area contributed by atoms with Crippen LogP contribution in [0, 0.1) is 5.82 Å². The zero-order chi connectivity index (χ0) is 22.0. The van der Waals surface area contributed by atoms with Gasteiger partial charge in [0.2, 0.25) is 5.91 Å². The molecule has 31 heavy (non-hydrogen) atoms. The Kier molecular flexibility index (Phi) is 5.99. The van der Waals surface area contributed by atoms with Gasteiger partial charge in [-0.25, -0.2) is 9.37 Å². The fourth-order valence-corrected chi connectivity index (χ4v) is 4.29. The number of benzene rings is 2. The first-order valence-corrected chi connectivity index (χ1v) is 10.9. The number of anilines is 2. The Bertz CT molecular complexity index is 1110. The Hall–Kier alpha value is -3.26. The van der Waals surface area contributed by atoms with E-state index in [1.54, 1.807) is 24.3 Å². The SMILES string of the molecule is CCCc1nc(-c2ccc3c(c2)N(CC(=O)Nc2ccc(F)cc2)C(=O)C(C)O3)cs1. The molecule has 4 rings (SSSR count). The summed E-state index contributed by atoms with van der Waals surface area (Å²) < 4.78 is 18.8. The number of nitrogens with one attached hydrogen (secondary N) is 1. The third-order valence-electron chi connectivity index (χ3n) is 4.91. The van der Waals surface area contributed by atoms with Crippen molar-refractivity contribution in [2.24, 2.45) is 0 Å². The number of ether oxygens (including phenoxy) is 1. The molecule has 0 spiro atoms. The normalized spacial score (nSPS) is 15.4. The predicted molar refractivity (Wildman–Crippen MR) is 119 cm³/mol. The van der Waals surface area contributed by atoms with Crippen molar-refractivity contribution >= 4 is 34.5 Å². The number of aromatic nitrogens is 1. The monoisotopic (exact) mass is 439 g/mol. The van der Waals surface area contributed by atoms with E-state index < -0.39 is 6.10 Å². The zero-order valence-electron chi connectivity index (χ0n) is 17.2. The van der Waals surface area contributed by atoms with E-state index in [1.807, 2.05) is 17.5 Å². The van der Waals surface area contributed by atoms with E-state index in [-0.39, 0.29) is 24.2 Å². The van der Waals surface area contributed by atoms with Crippen LogP contribution in [0.4, 0.5) is 15.8 Å². The minimum Gasteiger partial charge on any atom is -0.479 e. The van der Waals surface area contributed by atoms with Gasteiger partial charge < -0.3 is 10.1 Å². The highest BCUT2D eigenvalue weighted by molar-refractivity contribution is 7.09. The second kappa shape index (κ2) is 8.85. The number of amides is 2. The van der Waals surface area contributed by atoms with Gasteiger partial charge in [0, 0.05) is 16.6 Å². The van der Waals surface area contributed by atoms with Gasteiger partial charge >= 0.3 is 0 Å². The van der Waals surface area contributed by atoms with Gasteiger partial charge in [0.05, 0.1) is 16.4 Å². The molecule has 1 atom stereocenters. The summed E-state index contributed by atoms with van der Waals surface area (Å²) in [6, 6.07) is 11.0. The van der Waals surface area contributed by atoms with Gasteiger partial charge in [-0.2, -0.15) is 0 Å². The molecule has 0 radical (unpaired) electrons. The molecule has 2 aromatic carbocycles. The number of halogens is 1. The number of rotatable bonds is 6. The van der Waals surface area contributed by atoms with Crippen molar-refractivity contribution in [1.82, 2.24) is 4.98 Å². The molecule has 1 unspecified atom stereocenters. The maximum atomic E-state index is 13.1. The molecule has 8 heteroatoms. The van der Waals surface area contributed by atoms with E-state index in [9.17, 15) is 14.0 Å². The molecule has 1 aliphatic rings. The third kappa shape index (κ3) is 4.59. The van der Waals surface area contributed by atoms with Gasteiger partial charge in [-0.1, -0.05) is 6.92 Å². The van der Waals surface area contributed by atoms with E-state index in [1.165, 1.54) is 29.2 Å². The van der Waals surface area contributed by atoms with E-state index in [0.29, 0.717) is 17.1 Å². The van der Waals surface area contributed by atoms with Crippen LogP contribution in [0.1, 0.15) is 25.3 Å². The fraction of sp³-hybridized carbons (Fsp3) is 0.261. The molecule has 1 aliphatic heterocycles. The summed E-state index contributed by atoms with van der Waals surface area (Å²) in [5.41, 5.74) is 2.67. The number of thiazole rings is 1. The van der Waals surface area contributed by atoms with Gasteiger partial charge in [0.15, 0.2) is 6.10 Å². The average Bonchev–Trinajstić information content (AvgIpc) is 3.22. The first-order valence-electron chi connectivity index (χ1n) is 10.1. The quantitative estimate of drug-likeness (QED) is 0.607. The van der Waals surface area contributed by atoms with E-state index in [4.69, 9.17) is 4.74 Å². The van der Waals surface area contributed by atoms with Crippen LogP contribution in [-0.2, 0) is 16.0 Å². The minimum atomic E-state index is -0.701. The van der Waals surface area contributed by atoms with Crippen LogP contribution in [0.25, 0.3) is 11.3 Å². The lowest BCUT2D eigenvalue weighted by Crippen LogP contribution is -2.47. The first-order chi connectivity index (χ1) is 14.9. The maximum Gasteiger partial charge on any atom is 0.268 e. The van der Waals surface area contributed by atoms with Crippen LogP contribution >= 0.6 is 11.3 Å². The van der Waals surface area contributed by atoms with Gasteiger partial charge in [-0.15, -0.1) is 11.3 Å². The molecule has 0 bridgehead atoms. The predicted octanol–water partition coefficient (Wildman–Crippen LogP) is 4.65. The number of fused-ring (bicyclic) bond motifs is 1. The topological polar surface area (TPSA) is 71.5 Å². The molecular formula is C23H22FN3O3S. The Morgan fingerprint density at radius 3 is 2.77 bits per heavy atom. The van der Waals surface area contributed by atoms with Crippen molar-refractivity contribution < 1.29 is 18.7 Å². The number of nitrogens with zero attached hydrogens (tertiary/aromatic N) is 2. The molecule has 0 saturated heterocycles.